The molecule has 3 aromatic rings. The average Bonchev–Trinajstić information content (AvgIpc) is 3.10. The second-order valence-electron chi connectivity index (χ2n) is 6.08. The predicted molar refractivity (Wildman–Crippen MR) is 107 cm³/mol. The molecule has 28 heavy (non-hydrogen) atoms. The Kier molecular flexibility index (Phi) is 5.78. The number of thioether (sulfide) groups is 1. The molecule has 0 unspecified atom stereocenters. The van der Waals surface area contributed by atoms with Crippen molar-refractivity contribution in [1.82, 2.24) is 24.3 Å². The molecule has 2 heterocycles. The maximum absolute atomic E-state index is 12.8. The SMILES string of the molecule is CCn1c(=O)c(C(=O)CSc2n[nH]c(C)n2)c(N)n(Cc2ccccc2)c1=O. The zero-order chi connectivity index (χ0) is 20.3. The summed E-state index contributed by atoms with van der Waals surface area (Å²) in [7, 11) is 0. The van der Waals surface area contributed by atoms with Gasteiger partial charge in [-0.3, -0.25) is 23.8 Å². The van der Waals surface area contributed by atoms with Gasteiger partial charge in [-0.1, -0.05) is 42.1 Å². The number of benzene rings is 1. The molecule has 3 rings (SSSR count). The van der Waals surface area contributed by atoms with E-state index in [9.17, 15) is 14.4 Å². The third kappa shape index (κ3) is 3.91. The third-order valence-corrected chi connectivity index (χ3v) is 5.00. The van der Waals surface area contributed by atoms with Crippen molar-refractivity contribution in [2.75, 3.05) is 11.5 Å². The van der Waals surface area contributed by atoms with Crippen molar-refractivity contribution in [3.05, 3.63) is 68.1 Å². The first-order valence-electron chi connectivity index (χ1n) is 8.64. The summed E-state index contributed by atoms with van der Waals surface area (Å²) in [5.74, 6) is -0.0391. The van der Waals surface area contributed by atoms with Crippen molar-refractivity contribution in [1.29, 1.82) is 0 Å². The molecule has 2 aromatic heterocycles. The van der Waals surface area contributed by atoms with Crippen LogP contribution in [0.15, 0.2) is 45.1 Å². The Hall–Kier alpha value is -3.14. The number of rotatable bonds is 7. The van der Waals surface area contributed by atoms with Crippen molar-refractivity contribution in [3.63, 3.8) is 0 Å². The molecule has 1 aromatic carbocycles. The molecule has 0 amide bonds. The molecule has 3 N–H and O–H groups in total. The van der Waals surface area contributed by atoms with E-state index < -0.39 is 17.0 Å². The Morgan fingerprint density at radius 3 is 2.54 bits per heavy atom. The number of carbonyl (C=O) groups is 1. The second kappa shape index (κ2) is 8.26. The van der Waals surface area contributed by atoms with Crippen LogP contribution in [0.3, 0.4) is 0 Å². The molecule has 0 saturated heterocycles. The van der Waals surface area contributed by atoms with E-state index >= 15 is 0 Å². The molecule has 9 nitrogen and oxygen atoms in total. The highest BCUT2D eigenvalue weighted by molar-refractivity contribution is 7.99. The summed E-state index contributed by atoms with van der Waals surface area (Å²) in [6, 6.07) is 9.23. The van der Waals surface area contributed by atoms with Gasteiger partial charge in [0.25, 0.3) is 5.56 Å². The third-order valence-electron chi connectivity index (χ3n) is 4.16. The summed E-state index contributed by atoms with van der Waals surface area (Å²) < 4.78 is 2.28. The van der Waals surface area contributed by atoms with Crippen LogP contribution in [-0.2, 0) is 13.1 Å². The number of hydrogen-bond donors (Lipinski definition) is 2. The predicted octanol–water partition coefficient (Wildman–Crippen LogP) is 1.06. The molecule has 0 aliphatic heterocycles. The van der Waals surface area contributed by atoms with Gasteiger partial charge in [0.15, 0.2) is 5.78 Å². The smallest absolute Gasteiger partial charge is 0.332 e. The van der Waals surface area contributed by atoms with Gasteiger partial charge in [0.05, 0.1) is 12.3 Å². The molecular formula is C18H20N6O3S. The van der Waals surface area contributed by atoms with Crippen LogP contribution in [0.25, 0.3) is 0 Å². The number of hydrogen-bond acceptors (Lipinski definition) is 7. The molecule has 0 spiro atoms. The number of nitrogens with one attached hydrogen (secondary N) is 1. The van der Waals surface area contributed by atoms with Crippen molar-refractivity contribution >= 4 is 23.4 Å². The van der Waals surface area contributed by atoms with E-state index in [-0.39, 0.29) is 30.2 Å². The number of aryl methyl sites for hydroxylation is 1. The van der Waals surface area contributed by atoms with E-state index in [0.717, 1.165) is 21.9 Å². The molecule has 10 heteroatoms. The summed E-state index contributed by atoms with van der Waals surface area (Å²) in [6.07, 6.45) is 0. The van der Waals surface area contributed by atoms with Crippen molar-refractivity contribution < 1.29 is 4.79 Å². The van der Waals surface area contributed by atoms with Gasteiger partial charge in [-0.05, 0) is 19.4 Å². The Morgan fingerprint density at radius 2 is 1.93 bits per heavy atom. The van der Waals surface area contributed by atoms with Crippen LogP contribution >= 0.6 is 11.8 Å². The number of anilines is 1. The first-order chi connectivity index (χ1) is 13.4. The average molecular weight is 400 g/mol. The van der Waals surface area contributed by atoms with Gasteiger partial charge in [0, 0.05) is 6.54 Å². The Bertz CT molecular complexity index is 1120. The largest absolute Gasteiger partial charge is 0.384 e. The molecule has 0 aliphatic carbocycles. The zero-order valence-corrected chi connectivity index (χ0v) is 16.3. The Morgan fingerprint density at radius 1 is 1.21 bits per heavy atom. The van der Waals surface area contributed by atoms with Crippen LogP contribution in [0.5, 0.6) is 0 Å². The summed E-state index contributed by atoms with van der Waals surface area (Å²) in [6.45, 7) is 3.72. The minimum absolute atomic E-state index is 0.0655. The monoisotopic (exact) mass is 400 g/mol. The van der Waals surface area contributed by atoms with Crippen LogP contribution in [-0.4, -0.2) is 35.9 Å². The van der Waals surface area contributed by atoms with Gasteiger partial charge in [-0.15, -0.1) is 5.10 Å². The normalized spacial score (nSPS) is 10.9. The summed E-state index contributed by atoms with van der Waals surface area (Å²) >= 11 is 1.09. The van der Waals surface area contributed by atoms with E-state index in [4.69, 9.17) is 5.73 Å². The van der Waals surface area contributed by atoms with Crippen molar-refractivity contribution in [2.24, 2.45) is 0 Å². The molecule has 0 saturated carbocycles. The van der Waals surface area contributed by atoms with Gasteiger partial charge >= 0.3 is 5.69 Å². The number of nitrogens with two attached hydrogens (primary N) is 1. The molecule has 146 valence electrons. The van der Waals surface area contributed by atoms with Crippen LogP contribution in [0.2, 0.25) is 0 Å². The molecule has 0 atom stereocenters. The lowest BCUT2D eigenvalue weighted by atomic mass is 10.2. The number of Topliss-reactive ketones (excluding diaryl/α,β-unsaturated/α-hetero) is 1. The quantitative estimate of drug-likeness (QED) is 0.448. The standard InChI is InChI=1S/C18H20N6O3S/c1-3-23-16(26)14(13(25)10-28-17-20-11(2)21-22-17)15(19)24(18(23)27)9-12-7-5-4-6-8-12/h4-8H,3,9-10,19H2,1-2H3,(H,20,21,22). The van der Waals surface area contributed by atoms with Crippen LogP contribution in [0.1, 0.15) is 28.7 Å². The van der Waals surface area contributed by atoms with Gasteiger partial charge in [0.2, 0.25) is 5.16 Å². The lowest BCUT2D eigenvalue weighted by molar-refractivity contribution is 0.102. The van der Waals surface area contributed by atoms with Crippen molar-refractivity contribution in [3.8, 4) is 0 Å². The summed E-state index contributed by atoms with van der Waals surface area (Å²) in [5, 5.41) is 7.04. The summed E-state index contributed by atoms with van der Waals surface area (Å²) in [5.41, 5.74) is 5.55. The molecule has 0 radical (unpaired) electrons. The number of nitrogens with zero attached hydrogens (tertiary/aromatic N) is 4. The van der Waals surface area contributed by atoms with Crippen LogP contribution in [0.4, 0.5) is 5.82 Å². The van der Waals surface area contributed by atoms with E-state index in [1.165, 1.54) is 4.57 Å². The fourth-order valence-electron chi connectivity index (χ4n) is 2.76. The van der Waals surface area contributed by atoms with Crippen molar-refractivity contribution in [2.45, 2.75) is 32.1 Å². The van der Waals surface area contributed by atoms with Crippen LogP contribution < -0.4 is 17.0 Å². The highest BCUT2D eigenvalue weighted by Gasteiger charge is 2.23. The lowest BCUT2D eigenvalue weighted by Gasteiger charge is -2.15. The lowest BCUT2D eigenvalue weighted by Crippen LogP contribution is -2.44. The minimum Gasteiger partial charge on any atom is -0.384 e. The highest BCUT2D eigenvalue weighted by atomic mass is 32.2. The van der Waals surface area contributed by atoms with E-state index in [1.54, 1.807) is 13.8 Å². The number of ketones is 1. The second-order valence-corrected chi connectivity index (χ2v) is 7.02. The van der Waals surface area contributed by atoms with E-state index in [0.29, 0.717) is 11.0 Å². The fraction of sp³-hybridized carbons (Fsp3) is 0.278. The number of nitrogen functional groups attached to an aromatic ring is 1. The van der Waals surface area contributed by atoms with Gasteiger partial charge < -0.3 is 5.73 Å². The molecule has 0 bridgehead atoms. The topological polar surface area (TPSA) is 129 Å². The first kappa shape index (κ1) is 19.6. The minimum atomic E-state index is -0.675. The Balaban J connectivity index is 1.99. The number of H-pyrrole nitrogens is 1. The van der Waals surface area contributed by atoms with Gasteiger partial charge in [0.1, 0.15) is 17.2 Å². The maximum atomic E-state index is 12.8. The van der Waals surface area contributed by atoms with Crippen LogP contribution in [0, 0.1) is 6.92 Å². The molecule has 0 fully saturated rings. The number of aromatic nitrogens is 5. The number of aromatic amines is 1. The first-order valence-corrected chi connectivity index (χ1v) is 9.63. The number of carbonyl (C=O) groups excluding carboxylic acids is 1. The highest BCUT2D eigenvalue weighted by Crippen LogP contribution is 2.16. The van der Waals surface area contributed by atoms with Gasteiger partial charge in [-0.2, -0.15) is 0 Å². The van der Waals surface area contributed by atoms with Gasteiger partial charge in [-0.25, -0.2) is 9.78 Å². The molecular weight excluding hydrogens is 380 g/mol. The maximum Gasteiger partial charge on any atom is 0.332 e. The van der Waals surface area contributed by atoms with E-state index in [2.05, 4.69) is 15.2 Å². The molecule has 0 aliphatic rings. The zero-order valence-electron chi connectivity index (χ0n) is 15.5. The fourth-order valence-corrected chi connectivity index (χ4v) is 3.48. The Labute approximate surface area is 164 Å². The van der Waals surface area contributed by atoms with E-state index in [1.807, 2.05) is 30.3 Å². The summed E-state index contributed by atoms with van der Waals surface area (Å²) in [4.78, 5) is 42.3.